The van der Waals surface area contributed by atoms with Crippen molar-refractivity contribution < 1.29 is 9.09 Å². The van der Waals surface area contributed by atoms with Gasteiger partial charge in [-0.25, -0.2) is 0 Å². The molecule has 0 spiro atoms. The molecule has 1 rings (SSSR count). The van der Waals surface area contributed by atoms with Crippen molar-refractivity contribution in [2.45, 2.75) is 26.7 Å². The first-order valence-electron chi connectivity index (χ1n) is 4.39. The van der Waals surface area contributed by atoms with Gasteiger partial charge in [0, 0.05) is 12.3 Å². The SMILES string of the molecule is CCO[P@@]1(=O)CCC[C@H](C)C1. The van der Waals surface area contributed by atoms with Gasteiger partial charge in [0.1, 0.15) is 0 Å². The van der Waals surface area contributed by atoms with E-state index in [1.807, 2.05) is 6.92 Å². The van der Waals surface area contributed by atoms with Crippen molar-refractivity contribution in [3.8, 4) is 0 Å². The standard InChI is InChI=1S/C8H17O2P/c1-3-10-11(9)6-4-5-8(2)7-11/h8H,3-7H2,1-2H3/t8-,11-/m0/s1. The summed E-state index contributed by atoms with van der Waals surface area (Å²) in [5.74, 6) is 0.598. The summed E-state index contributed by atoms with van der Waals surface area (Å²) in [6.45, 7) is 4.67. The minimum atomic E-state index is -2.17. The molecule has 0 unspecified atom stereocenters. The highest BCUT2D eigenvalue weighted by Crippen LogP contribution is 2.52. The van der Waals surface area contributed by atoms with Gasteiger partial charge in [0.15, 0.2) is 0 Å². The van der Waals surface area contributed by atoms with Crippen molar-refractivity contribution in [3.63, 3.8) is 0 Å². The van der Waals surface area contributed by atoms with E-state index in [-0.39, 0.29) is 0 Å². The molecule has 0 saturated carbocycles. The number of rotatable bonds is 2. The van der Waals surface area contributed by atoms with E-state index in [1.54, 1.807) is 0 Å². The fourth-order valence-corrected chi connectivity index (χ4v) is 4.37. The first-order chi connectivity index (χ1) is 5.16. The molecule has 0 bridgehead atoms. The van der Waals surface area contributed by atoms with E-state index in [1.165, 1.54) is 6.42 Å². The van der Waals surface area contributed by atoms with Crippen LogP contribution in [0.1, 0.15) is 26.7 Å². The Hall–Kier alpha value is 0.190. The molecule has 0 aliphatic carbocycles. The van der Waals surface area contributed by atoms with Gasteiger partial charge < -0.3 is 4.52 Å². The predicted octanol–water partition coefficient (Wildman–Crippen LogP) is 2.73. The highest BCUT2D eigenvalue weighted by Gasteiger charge is 2.29. The van der Waals surface area contributed by atoms with Gasteiger partial charge in [-0.15, -0.1) is 0 Å². The summed E-state index contributed by atoms with van der Waals surface area (Å²) in [6.07, 6.45) is 3.92. The highest BCUT2D eigenvalue weighted by molar-refractivity contribution is 7.59. The van der Waals surface area contributed by atoms with Gasteiger partial charge in [-0.1, -0.05) is 6.92 Å². The third-order valence-electron chi connectivity index (χ3n) is 2.15. The van der Waals surface area contributed by atoms with E-state index in [0.29, 0.717) is 12.5 Å². The molecule has 1 heterocycles. The van der Waals surface area contributed by atoms with Gasteiger partial charge in [0.25, 0.3) is 0 Å². The van der Waals surface area contributed by atoms with Crippen molar-refractivity contribution in [2.75, 3.05) is 18.9 Å². The van der Waals surface area contributed by atoms with Crippen LogP contribution in [0.5, 0.6) is 0 Å². The molecule has 3 heteroatoms. The van der Waals surface area contributed by atoms with E-state index in [2.05, 4.69) is 6.92 Å². The monoisotopic (exact) mass is 176 g/mol. The Balaban J connectivity index is 2.49. The molecule has 0 N–H and O–H groups in total. The lowest BCUT2D eigenvalue weighted by Crippen LogP contribution is -2.13. The first kappa shape index (κ1) is 9.28. The molecule has 11 heavy (non-hydrogen) atoms. The van der Waals surface area contributed by atoms with E-state index >= 15 is 0 Å². The van der Waals surface area contributed by atoms with Crippen LogP contribution in [0.3, 0.4) is 0 Å². The molecule has 1 fully saturated rings. The largest absolute Gasteiger partial charge is 0.329 e. The van der Waals surface area contributed by atoms with Crippen molar-refractivity contribution >= 4 is 7.37 Å². The molecule has 0 amide bonds. The lowest BCUT2D eigenvalue weighted by Gasteiger charge is -2.26. The summed E-state index contributed by atoms with van der Waals surface area (Å²) < 4.78 is 17.1. The van der Waals surface area contributed by atoms with Gasteiger partial charge in [-0.2, -0.15) is 0 Å². The summed E-state index contributed by atoms with van der Waals surface area (Å²) in [6, 6.07) is 0. The van der Waals surface area contributed by atoms with Crippen LogP contribution in [0, 0.1) is 5.92 Å². The Morgan fingerprint density at radius 1 is 1.64 bits per heavy atom. The number of hydrogen-bond acceptors (Lipinski definition) is 2. The van der Waals surface area contributed by atoms with Gasteiger partial charge >= 0.3 is 0 Å². The zero-order valence-electron chi connectivity index (χ0n) is 7.38. The van der Waals surface area contributed by atoms with Crippen LogP contribution in [0.25, 0.3) is 0 Å². The molecule has 0 aromatic heterocycles. The lowest BCUT2D eigenvalue weighted by molar-refractivity contribution is 0.319. The second kappa shape index (κ2) is 3.73. The Morgan fingerprint density at radius 3 is 2.91 bits per heavy atom. The van der Waals surface area contributed by atoms with Crippen LogP contribution >= 0.6 is 7.37 Å². The van der Waals surface area contributed by atoms with Crippen LogP contribution in [-0.2, 0) is 9.09 Å². The fraction of sp³-hybridized carbons (Fsp3) is 1.00. The Morgan fingerprint density at radius 2 is 2.36 bits per heavy atom. The second-order valence-corrected chi connectivity index (χ2v) is 6.09. The fourth-order valence-electron chi connectivity index (χ4n) is 1.69. The Kier molecular flexibility index (Phi) is 3.15. The maximum absolute atomic E-state index is 11.8. The van der Waals surface area contributed by atoms with Crippen LogP contribution in [-0.4, -0.2) is 18.9 Å². The van der Waals surface area contributed by atoms with Gasteiger partial charge in [0.05, 0.1) is 6.61 Å². The molecule has 0 aromatic rings. The van der Waals surface area contributed by atoms with Crippen molar-refractivity contribution in [2.24, 2.45) is 5.92 Å². The highest BCUT2D eigenvalue weighted by atomic mass is 31.2. The topological polar surface area (TPSA) is 26.3 Å². The second-order valence-electron chi connectivity index (χ2n) is 3.39. The number of hydrogen-bond donors (Lipinski definition) is 0. The van der Waals surface area contributed by atoms with E-state index in [0.717, 1.165) is 18.7 Å². The molecule has 1 aliphatic rings. The molecular formula is C8H17O2P. The Bertz CT molecular complexity index is 161. The van der Waals surface area contributed by atoms with E-state index < -0.39 is 7.37 Å². The molecule has 1 saturated heterocycles. The lowest BCUT2D eigenvalue weighted by atomic mass is 10.1. The summed E-state index contributed by atoms with van der Waals surface area (Å²) in [5, 5.41) is 0. The maximum atomic E-state index is 11.8. The maximum Gasteiger partial charge on any atom is 0.203 e. The van der Waals surface area contributed by atoms with Crippen LogP contribution in [0.15, 0.2) is 0 Å². The third-order valence-corrected chi connectivity index (χ3v) is 5.06. The molecule has 0 aromatic carbocycles. The van der Waals surface area contributed by atoms with Gasteiger partial charge in [-0.05, 0) is 25.7 Å². The molecule has 0 radical (unpaired) electrons. The summed E-state index contributed by atoms with van der Waals surface area (Å²) in [7, 11) is -2.17. The average Bonchev–Trinajstić information content (AvgIpc) is 1.86. The minimum Gasteiger partial charge on any atom is -0.329 e. The predicted molar refractivity (Wildman–Crippen MR) is 47.4 cm³/mol. The van der Waals surface area contributed by atoms with Gasteiger partial charge in [-0.3, -0.25) is 4.57 Å². The van der Waals surface area contributed by atoms with Crippen molar-refractivity contribution in [1.29, 1.82) is 0 Å². The molecule has 1 aliphatic heterocycles. The average molecular weight is 176 g/mol. The van der Waals surface area contributed by atoms with Crippen molar-refractivity contribution in [1.82, 2.24) is 0 Å². The summed E-state index contributed by atoms with van der Waals surface area (Å²) in [5.41, 5.74) is 0. The normalized spacial score (nSPS) is 38.9. The van der Waals surface area contributed by atoms with E-state index in [9.17, 15) is 4.57 Å². The minimum absolute atomic E-state index is 0.598. The van der Waals surface area contributed by atoms with E-state index in [4.69, 9.17) is 4.52 Å². The zero-order valence-corrected chi connectivity index (χ0v) is 8.27. The van der Waals surface area contributed by atoms with Crippen LogP contribution in [0.2, 0.25) is 0 Å². The Labute approximate surface area is 68.8 Å². The van der Waals surface area contributed by atoms with Crippen LogP contribution in [0.4, 0.5) is 0 Å². The molecule has 2 atom stereocenters. The third kappa shape index (κ3) is 2.61. The van der Waals surface area contributed by atoms with Crippen molar-refractivity contribution in [3.05, 3.63) is 0 Å². The molecular weight excluding hydrogens is 159 g/mol. The first-order valence-corrected chi connectivity index (χ1v) is 6.38. The quantitative estimate of drug-likeness (QED) is 0.604. The summed E-state index contributed by atoms with van der Waals surface area (Å²) >= 11 is 0. The van der Waals surface area contributed by atoms with Crippen LogP contribution < -0.4 is 0 Å². The smallest absolute Gasteiger partial charge is 0.203 e. The van der Waals surface area contributed by atoms with Gasteiger partial charge in [0.2, 0.25) is 7.37 Å². The molecule has 2 nitrogen and oxygen atoms in total. The summed E-state index contributed by atoms with van der Waals surface area (Å²) in [4.78, 5) is 0. The zero-order chi connectivity index (χ0) is 8.32. The molecule has 66 valence electrons.